The number of nitrogens with zero attached hydrogens (tertiary/aromatic N) is 2. The predicted molar refractivity (Wildman–Crippen MR) is 105 cm³/mol. The van der Waals surface area contributed by atoms with Gasteiger partial charge in [0, 0.05) is 18.5 Å². The van der Waals surface area contributed by atoms with Crippen LogP contribution in [0.4, 0.5) is 0 Å². The molecule has 29 heavy (non-hydrogen) atoms. The van der Waals surface area contributed by atoms with E-state index in [1.54, 1.807) is 24.5 Å². The van der Waals surface area contributed by atoms with Crippen molar-refractivity contribution in [3.05, 3.63) is 81.1 Å². The van der Waals surface area contributed by atoms with Gasteiger partial charge in [-0.1, -0.05) is 30.3 Å². The molecule has 0 amide bonds. The van der Waals surface area contributed by atoms with Crippen molar-refractivity contribution in [2.24, 2.45) is 0 Å². The van der Waals surface area contributed by atoms with E-state index < -0.39 is 23.6 Å². The highest BCUT2D eigenvalue weighted by Crippen LogP contribution is 2.32. The van der Waals surface area contributed by atoms with Crippen LogP contribution in [0.15, 0.2) is 64.4 Å². The summed E-state index contributed by atoms with van der Waals surface area (Å²) in [5.74, 6) is -0.328. The number of carboxylic acids is 1. The molecular weight excluding hydrogens is 376 g/mol. The number of nitrogens with one attached hydrogen (secondary N) is 2. The van der Waals surface area contributed by atoms with Gasteiger partial charge in [0.05, 0.1) is 16.6 Å². The Balaban J connectivity index is 1.89. The minimum Gasteiger partial charge on any atom is -0.488 e. The lowest BCUT2D eigenvalue weighted by molar-refractivity contribution is -0.137. The fourth-order valence-electron chi connectivity index (χ4n) is 3.04. The Hall–Kier alpha value is -4.14. The highest BCUT2D eigenvalue weighted by atomic mass is 16.5. The molecule has 9 heteroatoms. The maximum Gasteiger partial charge on any atom is 0.323 e. The number of hydrogen-bond acceptors (Lipinski definition) is 5. The maximum absolute atomic E-state index is 12.2. The molecule has 0 radical (unpaired) electrons. The van der Waals surface area contributed by atoms with Gasteiger partial charge in [-0.3, -0.25) is 19.0 Å². The van der Waals surface area contributed by atoms with E-state index in [-0.39, 0.29) is 17.6 Å². The summed E-state index contributed by atoms with van der Waals surface area (Å²) in [5.41, 5.74) is 0.179. The van der Waals surface area contributed by atoms with Gasteiger partial charge < -0.3 is 19.8 Å². The van der Waals surface area contributed by atoms with Gasteiger partial charge >= 0.3 is 17.1 Å². The normalized spacial score (nSPS) is 10.9. The highest BCUT2D eigenvalue weighted by Gasteiger charge is 2.17. The minimum absolute atomic E-state index is 0.260. The van der Waals surface area contributed by atoms with Gasteiger partial charge in [-0.25, -0.2) is 4.98 Å². The zero-order valence-corrected chi connectivity index (χ0v) is 15.1. The molecule has 2 aromatic heterocycles. The molecule has 0 unspecified atom stereocenters. The van der Waals surface area contributed by atoms with Crippen LogP contribution in [0.25, 0.3) is 22.4 Å². The van der Waals surface area contributed by atoms with Gasteiger partial charge in [-0.05, 0) is 11.6 Å². The summed E-state index contributed by atoms with van der Waals surface area (Å²) in [4.78, 5) is 45.1. The molecule has 4 aromatic rings. The van der Waals surface area contributed by atoms with E-state index in [0.717, 1.165) is 10.1 Å². The number of rotatable bonds is 6. The van der Waals surface area contributed by atoms with E-state index in [0.29, 0.717) is 17.1 Å². The number of hydrogen-bond donors (Lipinski definition) is 3. The van der Waals surface area contributed by atoms with Crippen LogP contribution in [0.2, 0.25) is 0 Å². The number of fused-ring (bicyclic) bond motifs is 1. The first kappa shape index (κ1) is 18.2. The van der Waals surface area contributed by atoms with Gasteiger partial charge in [0.1, 0.15) is 24.7 Å². The van der Waals surface area contributed by atoms with Crippen LogP contribution < -0.4 is 15.9 Å². The standard InChI is InChI=1S/C20H16N4O5/c25-17(26)10-24-15-8-13(18-21-6-7-22-18)16(9-14(15)23-19(27)20(24)28)29-11-12-4-2-1-3-5-12/h1-9H,10-11H2,(H,21,22)(H,23,27)(H,25,26). The molecule has 0 aliphatic rings. The molecule has 4 rings (SSSR count). The van der Waals surface area contributed by atoms with Crippen LogP contribution in [-0.4, -0.2) is 30.6 Å². The molecular formula is C20H16N4O5. The molecule has 0 spiro atoms. The zero-order chi connectivity index (χ0) is 20.4. The summed E-state index contributed by atoms with van der Waals surface area (Å²) < 4.78 is 6.88. The van der Waals surface area contributed by atoms with Crippen LogP contribution in [0.3, 0.4) is 0 Å². The Morgan fingerprint density at radius 3 is 2.66 bits per heavy atom. The fourth-order valence-corrected chi connectivity index (χ4v) is 3.04. The van der Waals surface area contributed by atoms with Gasteiger partial charge in [-0.2, -0.15) is 0 Å². The number of carbonyl (C=O) groups is 1. The summed E-state index contributed by atoms with van der Waals surface area (Å²) in [7, 11) is 0. The van der Waals surface area contributed by atoms with Gasteiger partial charge in [-0.15, -0.1) is 0 Å². The molecule has 0 saturated carbocycles. The van der Waals surface area contributed by atoms with Crippen LogP contribution >= 0.6 is 0 Å². The number of carboxylic acid groups (broad SMARTS) is 1. The Morgan fingerprint density at radius 1 is 1.17 bits per heavy atom. The largest absolute Gasteiger partial charge is 0.488 e. The van der Waals surface area contributed by atoms with Gasteiger partial charge in [0.25, 0.3) is 0 Å². The summed E-state index contributed by atoms with van der Waals surface area (Å²) in [6.45, 7) is -0.361. The third-order valence-electron chi connectivity index (χ3n) is 4.36. The van der Waals surface area contributed by atoms with Crippen LogP contribution in [0.1, 0.15) is 5.56 Å². The average molecular weight is 392 g/mol. The molecule has 2 aromatic carbocycles. The summed E-state index contributed by atoms with van der Waals surface area (Å²) >= 11 is 0. The molecule has 9 nitrogen and oxygen atoms in total. The summed E-state index contributed by atoms with van der Waals surface area (Å²) in [6.07, 6.45) is 3.20. The van der Waals surface area contributed by atoms with E-state index in [2.05, 4.69) is 15.0 Å². The monoisotopic (exact) mass is 392 g/mol. The summed E-state index contributed by atoms with van der Waals surface area (Å²) in [5, 5.41) is 9.14. The van der Waals surface area contributed by atoms with Crippen LogP contribution in [0, 0.1) is 0 Å². The molecule has 0 saturated heterocycles. The van der Waals surface area contributed by atoms with Crippen molar-refractivity contribution >= 4 is 17.0 Å². The molecule has 0 aliphatic carbocycles. The number of benzene rings is 2. The maximum atomic E-state index is 12.2. The van der Waals surface area contributed by atoms with Crippen molar-refractivity contribution < 1.29 is 14.6 Å². The van der Waals surface area contributed by atoms with Crippen LogP contribution in [-0.2, 0) is 17.9 Å². The number of aromatic amines is 2. The van der Waals surface area contributed by atoms with E-state index in [9.17, 15) is 14.4 Å². The number of ether oxygens (including phenoxy) is 1. The van der Waals surface area contributed by atoms with E-state index in [1.165, 1.54) is 0 Å². The molecule has 0 fully saturated rings. The second-order valence-electron chi connectivity index (χ2n) is 6.32. The Bertz CT molecular complexity index is 1290. The van der Waals surface area contributed by atoms with Crippen molar-refractivity contribution in [2.75, 3.05) is 0 Å². The Labute approximate surface area is 163 Å². The molecule has 146 valence electrons. The molecule has 0 aliphatic heterocycles. The number of imidazole rings is 1. The third kappa shape index (κ3) is 3.65. The third-order valence-corrected chi connectivity index (χ3v) is 4.36. The van der Waals surface area contributed by atoms with Crippen molar-refractivity contribution in [3.8, 4) is 17.1 Å². The van der Waals surface area contributed by atoms with Gasteiger partial charge in [0.2, 0.25) is 0 Å². The second kappa shape index (κ2) is 7.47. The second-order valence-corrected chi connectivity index (χ2v) is 6.32. The van der Waals surface area contributed by atoms with Crippen molar-refractivity contribution in [3.63, 3.8) is 0 Å². The average Bonchev–Trinajstić information content (AvgIpc) is 3.24. The lowest BCUT2D eigenvalue weighted by atomic mass is 10.1. The smallest absolute Gasteiger partial charge is 0.323 e. The lowest BCUT2D eigenvalue weighted by Gasteiger charge is -2.14. The highest BCUT2D eigenvalue weighted by molar-refractivity contribution is 5.85. The van der Waals surface area contributed by atoms with Gasteiger partial charge in [0.15, 0.2) is 0 Å². The van der Waals surface area contributed by atoms with E-state index in [1.807, 2.05) is 30.3 Å². The number of aliphatic carboxylic acids is 1. The number of aromatic nitrogens is 4. The summed E-state index contributed by atoms with van der Waals surface area (Å²) in [6, 6.07) is 12.7. The van der Waals surface area contributed by atoms with Crippen LogP contribution in [0.5, 0.6) is 5.75 Å². The Kier molecular flexibility index (Phi) is 4.70. The lowest BCUT2D eigenvalue weighted by Crippen LogP contribution is -2.37. The van der Waals surface area contributed by atoms with E-state index in [4.69, 9.17) is 9.84 Å². The topological polar surface area (TPSA) is 130 Å². The SMILES string of the molecule is O=C(O)Cn1c(=O)c(=O)[nH]c2cc(OCc3ccccc3)c(-c3ncc[nH]3)cc21. The predicted octanol–water partition coefficient (Wildman–Crippen LogP) is 1.74. The first-order valence-electron chi connectivity index (χ1n) is 8.72. The van der Waals surface area contributed by atoms with E-state index >= 15 is 0 Å². The zero-order valence-electron chi connectivity index (χ0n) is 15.1. The van der Waals surface area contributed by atoms with Crippen molar-refractivity contribution in [1.82, 2.24) is 19.5 Å². The molecule has 0 bridgehead atoms. The first-order valence-corrected chi connectivity index (χ1v) is 8.72. The number of H-pyrrole nitrogens is 2. The first-order chi connectivity index (χ1) is 14.0. The minimum atomic E-state index is -1.23. The van der Waals surface area contributed by atoms with Crippen molar-refractivity contribution in [1.29, 1.82) is 0 Å². The quantitative estimate of drug-likeness (QED) is 0.429. The Morgan fingerprint density at radius 2 is 1.97 bits per heavy atom. The molecule has 3 N–H and O–H groups in total. The fraction of sp³-hybridized carbons (Fsp3) is 0.100. The molecule has 2 heterocycles. The molecule has 0 atom stereocenters. The van der Waals surface area contributed by atoms with Crippen molar-refractivity contribution in [2.45, 2.75) is 13.2 Å².